The fourth-order valence-corrected chi connectivity index (χ4v) is 2.06. The third kappa shape index (κ3) is 4.26. The van der Waals surface area contributed by atoms with Crippen molar-refractivity contribution >= 4 is 23.2 Å². The summed E-state index contributed by atoms with van der Waals surface area (Å²) in [5.41, 5.74) is 0. The Morgan fingerprint density at radius 2 is 2.00 bits per heavy atom. The Labute approximate surface area is 115 Å². The second-order valence-electron chi connectivity index (χ2n) is 3.58. The van der Waals surface area contributed by atoms with Gasteiger partial charge in [-0.3, -0.25) is 4.79 Å². The third-order valence-electron chi connectivity index (χ3n) is 2.23. The summed E-state index contributed by atoms with van der Waals surface area (Å²) in [6.07, 6.45) is 3.21. The van der Waals surface area contributed by atoms with Crippen LogP contribution in [0.3, 0.4) is 0 Å². The summed E-state index contributed by atoms with van der Waals surface area (Å²) < 4.78 is 5.24. The van der Waals surface area contributed by atoms with Crippen molar-refractivity contribution in [2.24, 2.45) is 0 Å². The molecular weight excluding hydrogens is 266 g/mol. The van der Waals surface area contributed by atoms with Gasteiger partial charge < -0.3 is 14.7 Å². The average Bonchev–Trinajstić information content (AvgIpc) is 2.84. The second-order valence-corrected chi connectivity index (χ2v) is 4.50. The van der Waals surface area contributed by atoms with E-state index in [-0.39, 0.29) is 23.1 Å². The normalized spacial score (nSPS) is 9.68. The molecule has 1 aromatic rings. The van der Waals surface area contributed by atoms with Crippen molar-refractivity contribution in [2.45, 2.75) is 0 Å². The van der Waals surface area contributed by atoms with Crippen LogP contribution < -0.4 is 4.74 Å². The van der Waals surface area contributed by atoms with Crippen LogP contribution >= 0.6 is 11.3 Å². The van der Waals surface area contributed by atoms with Gasteiger partial charge in [0.1, 0.15) is 5.75 Å². The van der Waals surface area contributed by atoms with E-state index in [0.717, 1.165) is 11.3 Å². The van der Waals surface area contributed by atoms with Crippen molar-refractivity contribution in [1.82, 2.24) is 4.90 Å². The molecule has 0 radical (unpaired) electrons. The first-order valence-electron chi connectivity index (χ1n) is 5.53. The molecule has 19 heavy (non-hydrogen) atoms. The molecule has 0 aliphatic carbocycles. The Balaban J connectivity index is 2.61. The van der Waals surface area contributed by atoms with E-state index in [1.807, 2.05) is 0 Å². The fraction of sp³-hybridized carbons (Fsp3) is 0.231. The second kappa shape index (κ2) is 7.38. The van der Waals surface area contributed by atoms with Crippen molar-refractivity contribution in [3.8, 4) is 5.75 Å². The Hall–Kier alpha value is -2.08. The van der Waals surface area contributed by atoms with Crippen LogP contribution in [-0.2, 0) is 4.79 Å². The zero-order chi connectivity index (χ0) is 14.3. The molecule has 0 fully saturated rings. The van der Waals surface area contributed by atoms with Gasteiger partial charge in [-0.1, -0.05) is 12.2 Å². The zero-order valence-corrected chi connectivity index (χ0v) is 11.2. The first-order valence-corrected chi connectivity index (χ1v) is 6.41. The first kappa shape index (κ1) is 15.0. The molecule has 1 heterocycles. The lowest BCUT2D eigenvalue weighted by Crippen LogP contribution is -2.35. The van der Waals surface area contributed by atoms with Crippen molar-refractivity contribution in [3.63, 3.8) is 0 Å². The molecule has 0 saturated heterocycles. The predicted octanol–water partition coefficient (Wildman–Crippen LogP) is 2.03. The highest BCUT2D eigenvalue weighted by Gasteiger charge is 2.16. The zero-order valence-electron chi connectivity index (χ0n) is 10.4. The van der Waals surface area contributed by atoms with E-state index in [2.05, 4.69) is 13.2 Å². The van der Waals surface area contributed by atoms with E-state index in [9.17, 15) is 9.59 Å². The summed E-state index contributed by atoms with van der Waals surface area (Å²) in [6.45, 7) is 7.71. The quantitative estimate of drug-likeness (QED) is 0.740. The monoisotopic (exact) mass is 281 g/mol. The van der Waals surface area contributed by atoms with Crippen LogP contribution in [-0.4, -0.2) is 41.6 Å². The van der Waals surface area contributed by atoms with Gasteiger partial charge >= 0.3 is 5.97 Å². The summed E-state index contributed by atoms with van der Waals surface area (Å²) in [5.74, 6) is -1.10. The number of carboxylic acid groups (broad SMARTS) is 1. The highest BCUT2D eigenvalue weighted by Crippen LogP contribution is 2.24. The molecule has 1 N–H and O–H groups in total. The third-order valence-corrected chi connectivity index (χ3v) is 3.11. The largest absolute Gasteiger partial charge is 0.482 e. The molecule has 1 rings (SSSR count). The molecule has 0 atom stereocenters. The number of rotatable bonds is 8. The summed E-state index contributed by atoms with van der Waals surface area (Å²) in [4.78, 5) is 24.3. The van der Waals surface area contributed by atoms with Gasteiger partial charge in [-0.05, 0) is 11.4 Å². The van der Waals surface area contributed by atoms with Crippen LogP contribution in [0.15, 0.2) is 36.8 Å². The highest BCUT2D eigenvalue weighted by molar-refractivity contribution is 7.12. The maximum Gasteiger partial charge on any atom is 0.349 e. The minimum absolute atomic E-state index is 0.0896. The van der Waals surface area contributed by atoms with Gasteiger partial charge in [-0.25, -0.2) is 4.79 Å². The van der Waals surface area contributed by atoms with Gasteiger partial charge in [0.2, 0.25) is 0 Å². The van der Waals surface area contributed by atoms with Gasteiger partial charge in [0.05, 0.1) is 0 Å². The molecule has 0 aliphatic rings. The minimum atomic E-state index is -1.06. The molecule has 1 aromatic heterocycles. The number of ether oxygens (including phenoxy) is 1. The Bertz CT molecular complexity index is 471. The van der Waals surface area contributed by atoms with Gasteiger partial charge in [0.15, 0.2) is 11.5 Å². The van der Waals surface area contributed by atoms with E-state index in [1.165, 1.54) is 11.0 Å². The number of carboxylic acids is 1. The van der Waals surface area contributed by atoms with Crippen molar-refractivity contribution in [3.05, 3.63) is 41.6 Å². The molecule has 0 saturated carbocycles. The maximum absolute atomic E-state index is 11.9. The smallest absolute Gasteiger partial charge is 0.349 e. The summed E-state index contributed by atoms with van der Waals surface area (Å²) in [6, 6.07) is 1.53. The number of hydrogen-bond donors (Lipinski definition) is 1. The lowest BCUT2D eigenvalue weighted by molar-refractivity contribution is -0.132. The van der Waals surface area contributed by atoms with Gasteiger partial charge in [0.25, 0.3) is 5.91 Å². The molecule has 5 nitrogen and oxygen atoms in total. The van der Waals surface area contributed by atoms with Crippen LogP contribution in [0.5, 0.6) is 5.75 Å². The number of amides is 1. The van der Waals surface area contributed by atoms with E-state index in [4.69, 9.17) is 9.84 Å². The standard InChI is InChI=1S/C13H15NO4S/c1-3-6-14(7-4-2)11(15)9-18-10-5-8-19-12(10)13(16)17/h3-5,8H,1-2,6-7,9H2,(H,16,17). The molecule has 0 bridgehead atoms. The van der Waals surface area contributed by atoms with Crippen LogP contribution in [0, 0.1) is 0 Å². The highest BCUT2D eigenvalue weighted by atomic mass is 32.1. The van der Waals surface area contributed by atoms with Crippen LogP contribution in [0.25, 0.3) is 0 Å². The van der Waals surface area contributed by atoms with Gasteiger partial charge in [-0.15, -0.1) is 24.5 Å². The summed E-state index contributed by atoms with van der Waals surface area (Å²) in [7, 11) is 0. The van der Waals surface area contributed by atoms with Crippen LogP contribution in [0.1, 0.15) is 9.67 Å². The molecule has 102 valence electrons. The van der Waals surface area contributed by atoms with E-state index < -0.39 is 5.97 Å². The lowest BCUT2D eigenvalue weighted by atomic mass is 10.4. The molecule has 0 spiro atoms. The number of carbonyl (C=O) groups excluding carboxylic acids is 1. The Kier molecular flexibility index (Phi) is 5.81. The van der Waals surface area contributed by atoms with Crippen molar-refractivity contribution in [2.75, 3.05) is 19.7 Å². The van der Waals surface area contributed by atoms with E-state index in [0.29, 0.717) is 13.1 Å². The number of carbonyl (C=O) groups is 2. The van der Waals surface area contributed by atoms with E-state index in [1.54, 1.807) is 17.5 Å². The molecular formula is C13H15NO4S. The molecule has 0 aliphatic heterocycles. The molecule has 1 amide bonds. The number of hydrogen-bond acceptors (Lipinski definition) is 4. The lowest BCUT2D eigenvalue weighted by Gasteiger charge is -2.19. The topological polar surface area (TPSA) is 66.8 Å². The maximum atomic E-state index is 11.9. The van der Waals surface area contributed by atoms with E-state index >= 15 is 0 Å². The SMILES string of the molecule is C=CCN(CC=C)C(=O)COc1ccsc1C(=O)O. The average molecular weight is 281 g/mol. The Morgan fingerprint density at radius 3 is 2.53 bits per heavy atom. The van der Waals surface area contributed by atoms with Gasteiger partial charge in [0, 0.05) is 13.1 Å². The predicted molar refractivity (Wildman–Crippen MR) is 73.7 cm³/mol. The van der Waals surface area contributed by atoms with Crippen LogP contribution in [0.2, 0.25) is 0 Å². The molecule has 0 aromatic carbocycles. The van der Waals surface area contributed by atoms with Crippen molar-refractivity contribution in [1.29, 1.82) is 0 Å². The van der Waals surface area contributed by atoms with Crippen molar-refractivity contribution < 1.29 is 19.4 Å². The minimum Gasteiger partial charge on any atom is -0.482 e. The number of aromatic carboxylic acids is 1. The number of thiophene rings is 1. The summed E-state index contributed by atoms with van der Waals surface area (Å²) in [5, 5.41) is 10.5. The first-order chi connectivity index (χ1) is 9.10. The Morgan fingerprint density at radius 1 is 1.37 bits per heavy atom. The van der Waals surface area contributed by atoms with Gasteiger partial charge in [-0.2, -0.15) is 0 Å². The number of nitrogens with zero attached hydrogens (tertiary/aromatic N) is 1. The van der Waals surface area contributed by atoms with Crippen LogP contribution in [0.4, 0.5) is 0 Å². The molecule has 6 heteroatoms. The summed E-state index contributed by atoms with van der Waals surface area (Å²) >= 11 is 1.06. The molecule has 0 unspecified atom stereocenters. The fourth-order valence-electron chi connectivity index (χ4n) is 1.39.